The fourth-order valence-corrected chi connectivity index (χ4v) is 5.99. The highest BCUT2D eigenvalue weighted by molar-refractivity contribution is 6.52. The monoisotopic (exact) mass is 537 g/mol. The van der Waals surface area contributed by atoms with Gasteiger partial charge in [0.15, 0.2) is 0 Å². The van der Waals surface area contributed by atoms with Crippen LogP contribution in [0.2, 0.25) is 0 Å². The molecule has 0 atom stereocenters. The predicted molar refractivity (Wildman–Crippen MR) is 145 cm³/mol. The Morgan fingerprint density at radius 2 is 1.92 bits per heavy atom. The summed E-state index contributed by atoms with van der Waals surface area (Å²) in [6, 6.07) is 12.2. The normalized spacial score (nSPS) is 18.9. The van der Waals surface area contributed by atoms with Crippen LogP contribution in [0.3, 0.4) is 0 Å². The first kappa shape index (κ1) is 26.3. The molecule has 0 bridgehead atoms. The van der Waals surface area contributed by atoms with Crippen molar-refractivity contribution in [1.82, 2.24) is 15.2 Å². The van der Waals surface area contributed by atoms with Crippen LogP contribution in [0.4, 0.5) is 8.78 Å². The maximum absolute atomic E-state index is 14.6. The van der Waals surface area contributed by atoms with Gasteiger partial charge >= 0.3 is 0 Å². The molecule has 2 aromatic carbocycles. The van der Waals surface area contributed by atoms with Gasteiger partial charge in [0.2, 0.25) is 0 Å². The Labute approximate surface area is 226 Å². The van der Waals surface area contributed by atoms with Gasteiger partial charge in [-0.3, -0.25) is 9.78 Å². The molecule has 1 N–H and O–H groups in total. The van der Waals surface area contributed by atoms with Crippen molar-refractivity contribution in [2.24, 2.45) is 0 Å². The van der Waals surface area contributed by atoms with Gasteiger partial charge in [-0.05, 0) is 68.1 Å². The van der Waals surface area contributed by atoms with Crippen LogP contribution in [0.5, 0.6) is 5.75 Å². The van der Waals surface area contributed by atoms with Crippen LogP contribution in [0, 0.1) is 11.6 Å². The first-order chi connectivity index (χ1) is 18.4. The van der Waals surface area contributed by atoms with Crippen molar-refractivity contribution in [1.29, 1.82) is 0 Å². The van der Waals surface area contributed by atoms with Crippen molar-refractivity contribution >= 4 is 22.5 Å². The lowest BCUT2D eigenvalue weighted by Crippen LogP contribution is -2.45. The van der Waals surface area contributed by atoms with Gasteiger partial charge in [0.25, 0.3) is 5.91 Å². The Morgan fingerprint density at radius 1 is 1.13 bits per heavy atom. The number of hydrogen-bond donors (Lipinski definition) is 1. The van der Waals surface area contributed by atoms with Gasteiger partial charge in [-0.1, -0.05) is 29.8 Å². The number of carbonyl (C=O) groups is 1. The third-order valence-electron chi connectivity index (χ3n) is 7.72. The van der Waals surface area contributed by atoms with E-state index in [0.29, 0.717) is 39.6 Å². The van der Waals surface area contributed by atoms with Gasteiger partial charge in [-0.2, -0.15) is 0 Å². The van der Waals surface area contributed by atoms with Crippen LogP contribution in [0.25, 0.3) is 16.2 Å². The van der Waals surface area contributed by atoms with Crippen molar-refractivity contribution in [2.45, 2.75) is 50.7 Å². The number of nitrogens with zero attached hydrogens (tertiary/aromatic N) is 2. The summed E-state index contributed by atoms with van der Waals surface area (Å²) in [7, 11) is 3.53. The summed E-state index contributed by atoms with van der Waals surface area (Å²) >= 11 is 6.63. The molecule has 0 saturated heterocycles. The smallest absolute Gasteiger partial charge is 0.252 e. The Morgan fingerprint density at radius 3 is 2.61 bits per heavy atom. The van der Waals surface area contributed by atoms with Crippen molar-refractivity contribution in [2.75, 3.05) is 14.2 Å². The summed E-state index contributed by atoms with van der Waals surface area (Å²) in [5.41, 5.74) is 3.26. The number of nitrogens with one attached hydrogen (secondary N) is 1. The van der Waals surface area contributed by atoms with Crippen LogP contribution >= 0.6 is 11.6 Å². The molecule has 5 rings (SSSR count). The zero-order chi connectivity index (χ0) is 26.8. The Kier molecular flexibility index (Phi) is 7.77. The minimum atomic E-state index is -0.426. The zero-order valence-corrected chi connectivity index (χ0v) is 22.2. The van der Waals surface area contributed by atoms with Gasteiger partial charge in [-0.15, -0.1) is 0 Å². The van der Waals surface area contributed by atoms with Gasteiger partial charge in [-0.25, -0.2) is 8.78 Å². The highest BCUT2D eigenvalue weighted by Gasteiger charge is 2.35. The molecule has 0 spiro atoms. The molecule has 1 amide bonds. The number of pyridine rings is 1. The van der Waals surface area contributed by atoms with Gasteiger partial charge < -0.3 is 15.0 Å². The number of rotatable bonds is 7. The van der Waals surface area contributed by atoms with E-state index in [2.05, 4.69) is 10.3 Å². The van der Waals surface area contributed by atoms with E-state index in [1.165, 1.54) is 12.3 Å². The number of aromatic nitrogens is 1. The van der Waals surface area contributed by atoms with Gasteiger partial charge in [0, 0.05) is 53.5 Å². The molecule has 1 heterocycles. The van der Waals surface area contributed by atoms with E-state index in [1.54, 1.807) is 43.6 Å². The Hall–Kier alpha value is -3.29. The molecular formula is C30H30ClF2N3O2. The van der Waals surface area contributed by atoms with Crippen LogP contribution in [0.15, 0.2) is 60.4 Å². The number of benzene rings is 2. The van der Waals surface area contributed by atoms with Crippen LogP contribution in [-0.2, 0) is 17.8 Å². The van der Waals surface area contributed by atoms with E-state index in [-0.39, 0.29) is 29.9 Å². The van der Waals surface area contributed by atoms with E-state index in [4.69, 9.17) is 16.3 Å². The molecule has 198 valence electrons. The highest BCUT2D eigenvalue weighted by atomic mass is 35.5. The summed E-state index contributed by atoms with van der Waals surface area (Å²) in [6.07, 6.45) is 6.53. The molecular weight excluding hydrogens is 508 g/mol. The van der Waals surface area contributed by atoms with E-state index in [9.17, 15) is 13.6 Å². The van der Waals surface area contributed by atoms with Gasteiger partial charge in [0.1, 0.15) is 17.4 Å². The number of fused-ring (bicyclic) bond motifs is 1. The molecule has 2 aliphatic carbocycles. The molecule has 2 aliphatic rings. The third kappa shape index (κ3) is 5.05. The molecule has 0 radical (unpaired) electrons. The number of amides is 1. The molecule has 1 aromatic heterocycles. The van der Waals surface area contributed by atoms with E-state index in [0.717, 1.165) is 31.2 Å². The summed E-state index contributed by atoms with van der Waals surface area (Å²) in [6.45, 7) is 0.254. The summed E-state index contributed by atoms with van der Waals surface area (Å²) in [5, 5.41) is 3.51. The minimum absolute atomic E-state index is 0.0244. The molecule has 1 fully saturated rings. The summed E-state index contributed by atoms with van der Waals surface area (Å²) in [5.74, 6) is -0.457. The number of hydrogen-bond acceptors (Lipinski definition) is 4. The first-order valence-corrected chi connectivity index (χ1v) is 13.2. The summed E-state index contributed by atoms with van der Waals surface area (Å²) < 4.78 is 34.8. The largest absolute Gasteiger partial charge is 0.496 e. The number of halogens is 3. The zero-order valence-electron chi connectivity index (χ0n) is 21.4. The molecule has 38 heavy (non-hydrogen) atoms. The number of carbonyl (C=O) groups excluding carboxylic acids is 1. The Balaban J connectivity index is 1.52. The van der Waals surface area contributed by atoms with Crippen molar-refractivity contribution in [3.63, 3.8) is 0 Å². The van der Waals surface area contributed by atoms with Crippen molar-refractivity contribution < 1.29 is 18.3 Å². The molecule has 0 aliphatic heterocycles. The van der Waals surface area contributed by atoms with Crippen molar-refractivity contribution in [3.05, 3.63) is 88.8 Å². The lowest BCUT2D eigenvalue weighted by molar-refractivity contribution is -0.130. The molecule has 5 nitrogen and oxygen atoms in total. The molecule has 8 heteroatoms. The van der Waals surface area contributed by atoms with E-state index < -0.39 is 11.6 Å². The predicted octanol–water partition coefficient (Wildman–Crippen LogP) is 6.10. The van der Waals surface area contributed by atoms with E-state index in [1.807, 2.05) is 18.0 Å². The van der Waals surface area contributed by atoms with Crippen LogP contribution < -0.4 is 10.1 Å². The fourth-order valence-electron chi connectivity index (χ4n) is 5.63. The standard InChI is InChI=1S/C30H30ClF2N3O2/c1-34-21-7-9-22(10-8-21)36(30(37)24-15-19-4-3-5-25(32)28(19)29(24)31)17-20-14-18(6-11-27(20)38-2)23-12-13-35-16-26(23)33/h3-6,11-14,16,21-22,34H,7-10,15,17H2,1-2H3/t21-,22+. The van der Waals surface area contributed by atoms with Crippen LogP contribution in [-0.4, -0.2) is 42.0 Å². The average Bonchev–Trinajstić information content (AvgIpc) is 3.29. The van der Waals surface area contributed by atoms with Gasteiger partial charge in [0.05, 0.1) is 18.3 Å². The average molecular weight is 538 g/mol. The van der Waals surface area contributed by atoms with Crippen molar-refractivity contribution in [3.8, 4) is 16.9 Å². The summed E-state index contributed by atoms with van der Waals surface area (Å²) in [4.78, 5) is 19.8. The second-order valence-electron chi connectivity index (χ2n) is 9.85. The second kappa shape index (κ2) is 11.2. The minimum Gasteiger partial charge on any atom is -0.496 e. The maximum atomic E-state index is 14.6. The topological polar surface area (TPSA) is 54.5 Å². The van der Waals surface area contributed by atoms with E-state index >= 15 is 0 Å². The fraction of sp³-hybridized carbons (Fsp3) is 0.333. The maximum Gasteiger partial charge on any atom is 0.252 e. The quantitative estimate of drug-likeness (QED) is 0.395. The first-order valence-electron chi connectivity index (χ1n) is 12.8. The lowest BCUT2D eigenvalue weighted by atomic mass is 9.89. The van der Waals surface area contributed by atoms with Crippen LogP contribution in [0.1, 0.15) is 42.4 Å². The Bertz CT molecular complexity index is 1390. The molecule has 3 aromatic rings. The second-order valence-corrected chi connectivity index (χ2v) is 10.2. The molecule has 1 saturated carbocycles. The number of ether oxygens (including phenoxy) is 1. The number of methoxy groups -OCH3 is 1. The lowest BCUT2D eigenvalue weighted by Gasteiger charge is -2.37. The highest BCUT2D eigenvalue weighted by Crippen LogP contribution is 2.40. The third-order valence-corrected chi connectivity index (χ3v) is 8.14. The molecule has 0 unspecified atom stereocenters. The SMILES string of the molecule is CN[C@H]1CC[C@@H](N(Cc2cc(-c3ccncc3F)ccc2OC)C(=O)C2=C(Cl)c3c(F)cccc3C2)CC1.